The minimum atomic E-state index is 0.375. The Kier molecular flexibility index (Phi) is 5.24. The lowest BCUT2D eigenvalue weighted by Crippen LogP contribution is -2.35. The quantitative estimate of drug-likeness (QED) is 0.837. The van der Waals surface area contributed by atoms with Gasteiger partial charge in [-0.25, -0.2) is 0 Å². The maximum atomic E-state index is 7.00. The van der Waals surface area contributed by atoms with E-state index in [0.717, 1.165) is 22.0 Å². The van der Waals surface area contributed by atoms with Gasteiger partial charge in [0, 0.05) is 21.9 Å². The zero-order chi connectivity index (χ0) is 16.1. The Hall–Kier alpha value is -2.25. The van der Waals surface area contributed by atoms with E-state index in [0.29, 0.717) is 11.0 Å². The summed E-state index contributed by atoms with van der Waals surface area (Å²) in [5, 5.41) is 0.606. The largest absolute Gasteiger partial charge is 0.495 e. The van der Waals surface area contributed by atoms with Crippen LogP contribution in [0.15, 0.2) is 51.8 Å². The van der Waals surface area contributed by atoms with Crippen LogP contribution in [0.3, 0.4) is 0 Å². The highest BCUT2D eigenvalue weighted by Crippen LogP contribution is 2.46. The molecule has 114 valence electrons. The van der Waals surface area contributed by atoms with Crippen LogP contribution in [0.1, 0.15) is 0 Å². The lowest BCUT2D eigenvalue weighted by Gasteiger charge is -2.30. The molecule has 6 nitrogen and oxygen atoms in total. The molecule has 0 aromatic heterocycles. The lowest BCUT2D eigenvalue weighted by molar-refractivity contribution is 0.415. The number of para-hydroxylation sites is 2. The molecule has 0 bridgehead atoms. The van der Waals surface area contributed by atoms with Crippen molar-refractivity contribution in [1.82, 2.24) is 0 Å². The summed E-state index contributed by atoms with van der Waals surface area (Å²) in [5.74, 6) is 1.10. The molecular formula is C14H12ClN3O3S. The van der Waals surface area contributed by atoms with Gasteiger partial charge in [0.2, 0.25) is 5.96 Å². The topological polar surface area (TPSA) is 85.0 Å². The minimum absolute atomic E-state index is 0.375. The molecule has 1 heterocycles. The van der Waals surface area contributed by atoms with Gasteiger partial charge in [-0.1, -0.05) is 29.8 Å². The standard InChI is InChI=1S/C14H12ClN3OS.O2/c1-19-11-7-4-8-12-13(11)18(14(16)17-20-12)10-6-3-2-5-9(10)15;1-2/h2-8H,1H3,(H2,16,17);. The molecule has 0 radical (unpaired) electrons. The molecule has 3 rings (SSSR count). The van der Waals surface area contributed by atoms with E-state index in [1.807, 2.05) is 47.4 Å². The number of hydrogen-bond acceptors (Lipinski definition) is 7. The van der Waals surface area contributed by atoms with Gasteiger partial charge in [0.15, 0.2) is 0 Å². The number of methoxy groups -OCH3 is 1. The van der Waals surface area contributed by atoms with E-state index < -0.39 is 0 Å². The number of nitrogens with two attached hydrogens (primary N) is 1. The van der Waals surface area contributed by atoms with Crippen LogP contribution in [0.2, 0.25) is 5.02 Å². The second kappa shape index (κ2) is 7.15. The summed E-state index contributed by atoms with van der Waals surface area (Å²) in [6, 6.07) is 13.3. The molecule has 2 N–H and O–H groups in total. The number of hydrogen-bond donors (Lipinski definition) is 1. The van der Waals surface area contributed by atoms with Crippen molar-refractivity contribution in [3.63, 3.8) is 0 Å². The average molecular weight is 338 g/mol. The van der Waals surface area contributed by atoms with Crippen LogP contribution in [-0.2, 0) is 0 Å². The van der Waals surface area contributed by atoms with E-state index in [2.05, 4.69) is 4.40 Å². The van der Waals surface area contributed by atoms with E-state index in [1.165, 1.54) is 11.9 Å². The van der Waals surface area contributed by atoms with Crippen molar-refractivity contribution in [3.8, 4) is 5.75 Å². The SMILES string of the molecule is COc1cccc2c1N(c1ccccc1Cl)C(N)=NS2.O=O. The van der Waals surface area contributed by atoms with E-state index in [4.69, 9.17) is 32.0 Å². The first-order valence-electron chi connectivity index (χ1n) is 6.11. The number of nitrogens with zero attached hydrogens (tertiary/aromatic N) is 2. The summed E-state index contributed by atoms with van der Waals surface area (Å²) in [4.78, 5) is 16.8. The molecule has 0 saturated heterocycles. The Morgan fingerprint density at radius 2 is 1.91 bits per heavy atom. The van der Waals surface area contributed by atoms with Crippen molar-refractivity contribution >= 4 is 40.9 Å². The molecule has 0 saturated carbocycles. The number of halogens is 1. The second-order valence-electron chi connectivity index (χ2n) is 4.13. The molecule has 0 spiro atoms. The Morgan fingerprint density at radius 1 is 1.18 bits per heavy atom. The number of rotatable bonds is 2. The highest BCUT2D eigenvalue weighted by Gasteiger charge is 2.26. The molecule has 1 aliphatic heterocycles. The first-order chi connectivity index (χ1) is 10.7. The number of fused-ring (bicyclic) bond motifs is 1. The maximum Gasteiger partial charge on any atom is 0.212 e. The summed E-state index contributed by atoms with van der Waals surface area (Å²) in [7, 11) is 1.63. The van der Waals surface area contributed by atoms with Crippen molar-refractivity contribution in [3.05, 3.63) is 57.4 Å². The monoisotopic (exact) mass is 337 g/mol. The fourth-order valence-corrected chi connectivity index (χ4v) is 3.00. The molecular weight excluding hydrogens is 326 g/mol. The predicted octanol–water partition coefficient (Wildman–Crippen LogP) is 3.89. The first-order valence-corrected chi connectivity index (χ1v) is 7.26. The van der Waals surface area contributed by atoms with Crippen LogP contribution >= 0.6 is 23.5 Å². The van der Waals surface area contributed by atoms with Crippen molar-refractivity contribution in [2.45, 2.75) is 4.90 Å². The van der Waals surface area contributed by atoms with Crippen LogP contribution in [0, 0.1) is 9.93 Å². The van der Waals surface area contributed by atoms with Gasteiger partial charge in [0.05, 0.1) is 22.7 Å². The Balaban J connectivity index is 0.000000847. The fourth-order valence-electron chi connectivity index (χ4n) is 2.09. The third kappa shape index (κ3) is 2.86. The van der Waals surface area contributed by atoms with Gasteiger partial charge in [0.25, 0.3) is 0 Å². The minimum Gasteiger partial charge on any atom is -0.495 e. The first kappa shape index (κ1) is 16.1. The molecule has 0 amide bonds. The average Bonchev–Trinajstić information content (AvgIpc) is 2.57. The highest BCUT2D eigenvalue weighted by molar-refractivity contribution is 7.98. The van der Waals surface area contributed by atoms with Gasteiger partial charge in [-0.15, -0.1) is 0 Å². The van der Waals surface area contributed by atoms with Gasteiger partial charge in [-0.2, -0.15) is 4.40 Å². The molecule has 1 aliphatic rings. The van der Waals surface area contributed by atoms with Crippen molar-refractivity contribution in [2.24, 2.45) is 10.1 Å². The molecule has 2 aromatic rings. The third-order valence-electron chi connectivity index (χ3n) is 2.97. The molecule has 22 heavy (non-hydrogen) atoms. The third-order valence-corrected chi connectivity index (χ3v) is 4.09. The highest BCUT2D eigenvalue weighted by atomic mass is 35.5. The number of ether oxygens (including phenoxy) is 1. The van der Waals surface area contributed by atoms with Crippen molar-refractivity contribution < 1.29 is 4.74 Å². The second-order valence-corrected chi connectivity index (χ2v) is 5.35. The van der Waals surface area contributed by atoms with E-state index in [1.54, 1.807) is 7.11 Å². The van der Waals surface area contributed by atoms with Crippen LogP contribution < -0.4 is 15.4 Å². The van der Waals surface area contributed by atoms with Crippen molar-refractivity contribution in [2.75, 3.05) is 12.0 Å². The van der Waals surface area contributed by atoms with Crippen LogP contribution in [-0.4, -0.2) is 13.1 Å². The zero-order valence-corrected chi connectivity index (χ0v) is 13.1. The maximum absolute atomic E-state index is 7.00. The molecule has 0 atom stereocenters. The Labute approximate surface area is 136 Å². The summed E-state index contributed by atoms with van der Waals surface area (Å²) in [6.45, 7) is 0. The number of benzene rings is 2. The zero-order valence-electron chi connectivity index (χ0n) is 11.5. The fraction of sp³-hybridized carbons (Fsp3) is 0.0714. The van der Waals surface area contributed by atoms with Crippen LogP contribution in [0.4, 0.5) is 11.4 Å². The van der Waals surface area contributed by atoms with E-state index >= 15 is 0 Å². The molecule has 0 aliphatic carbocycles. The van der Waals surface area contributed by atoms with E-state index in [9.17, 15) is 0 Å². The van der Waals surface area contributed by atoms with Gasteiger partial charge in [-0.05, 0) is 24.3 Å². The molecule has 2 aromatic carbocycles. The van der Waals surface area contributed by atoms with Gasteiger partial charge in [0.1, 0.15) is 11.4 Å². The van der Waals surface area contributed by atoms with E-state index in [-0.39, 0.29) is 0 Å². The number of anilines is 2. The normalized spacial score (nSPS) is 12.6. The summed E-state index contributed by atoms with van der Waals surface area (Å²) < 4.78 is 9.71. The van der Waals surface area contributed by atoms with Gasteiger partial charge >= 0.3 is 0 Å². The van der Waals surface area contributed by atoms with Crippen LogP contribution in [0.5, 0.6) is 5.75 Å². The van der Waals surface area contributed by atoms with Crippen molar-refractivity contribution in [1.29, 1.82) is 0 Å². The molecule has 8 heteroatoms. The Morgan fingerprint density at radius 3 is 2.59 bits per heavy atom. The lowest BCUT2D eigenvalue weighted by atomic mass is 10.2. The molecule has 0 fully saturated rings. The van der Waals surface area contributed by atoms with Gasteiger partial charge in [-0.3, -0.25) is 4.90 Å². The summed E-state index contributed by atoms with van der Waals surface area (Å²) in [5.41, 5.74) is 7.70. The predicted molar refractivity (Wildman–Crippen MR) is 90.8 cm³/mol. The smallest absolute Gasteiger partial charge is 0.212 e. The number of guanidine groups is 1. The summed E-state index contributed by atoms with van der Waals surface area (Å²) >= 11 is 7.61. The molecule has 0 unspecified atom stereocenters. The summed E-state index contributed by atoms with van der Waals surface area (Å²) in [6.07, 6.45) is 0. The Bertz CT molecular complexity index is 711. The van der Waals surface area contributed by atoms with Crippen LogP contribution in [0.25, 0.3) is 0 Å². The van der Waals surface area contributed by atoms with Gasteiger partial charge < -0.3 is 10.5 Å².